The predicted octanol–water partition coefficient (Wildman–Crippen LogP) is 1.97. The van der Waals surface area contributed by atoms with E-state index in [2.05, 4.69) is 24.5 Å². The number of piperidine rings is 1. The van der Waals surface area contributed by atoms with Crippen LogP contribution in [0.15, 0.2) is 24.3 Å². The van der Waals surface area contributed by atoms with E-state index in [1.54, 1.807) is 4.90 Å². The number of nitrogens with one attached hydrogen (secondary N) is 2. The van der Waals surface area contributed by atoms with Gasteiger partial charge < -0.3 is 26.0 Å². The molecule has 4 N–H and O–H groups in total. The maximum absolute atomic E-state index is 14.3. The van der Waals surface area contributed by atoms with Gasteiger partial charge in [0.25, 0.3) is 5.91 Å². The molecular formula is C31H42N4O6. The fourth-order valence-electron chi connectivity index (χ4n) is 6.96. The summed E-state index contributed by atoms with van der Waals surface area (Å²) in [6.07, 6.45) is 2.82. The molecule has 0 aromatic heterocycles. The summed E-state index contributed by atoms with van der Waals surface area (Å²) in [5.74, 6) is -2.44. The molecule has 0 spiro atoms. The molecule has 1 aliphatic heterocycles. The van der Waals surface area contributed by atoms with Crippen LogP contribution in [0.5, 0.6) is 0 Å². The summed E-state index contributed by atoms with van der Waals surface area (Å²) in [6.45, 7) is 8.63. The molecule has 5 rings (SSSR count). The summed E-state index contributed by atoms with van der Waals surface area (Å²) in [5.41, 5.74) is 7.42. The predicted molar refractivity (Wildman–Crippen MR) is 150 cm³/mol. The van der Waals surface area contributed by atoms with E-state index in [1.807, 2.05) is 38.1 Å². The molecule has 0 bridgehead atoms. The maximum atomic E-state index is 14.3. The molecule has 0 radical (unpaired) electrons. The van der Waals surface area contributed by atoms with Crippen LogP contribution in [0, 0.1) is 35.0 Å². The van der Waals surface area contributed by atoms with Crippen molar-refractivity contribution in [2.24, 2.45) is 40.7 Å². The summed E-state index contributed by atoms with van der Waals surface area (Å²) < 4.78 is 5.38. The Morgan fingerprint density at radius 3 is 2.24 bits per heavy atom. The Balaban J connectivity index is 1.38. The Kier molecular flexibility index (Phi) is 7.87. The zero-order chi connectivity index (χ0) is 29.6. The number of alkyl carbamates (subject to hydrolysis) is 1. The number of ketones is 1. The molecule has 2 saturated carbocycles. The Morgan fingerprint density at radius 1 is 1.05 bits per heavy atom. The van der Waals surface area contributed by atoms with Gasteiger partial charge in [-0.15, -0.1) is 0 Å². The number of carbonyl (C=O) groups excluding carboxylic acids is 5. The lowest BCUT2D eigenvalue weighted by Gasteiger charge is -2.35. The molecule has 10 nitrogen and oxygen atoms in total. The van der Waals surface area contributed by atoms with Crippen LogP contribution < -0.4 is 16.4 Å². The van der Waals surface area contributed by atoms with Crippen molar-refractivity contribution in [1.82, 2.24) is 15.5 Å². The number of fused-ring (bicyclic) bond motifs is 2. The van der Waals surface area contributed by atoms with Gasteiger partial charge in [-0.1, -0.05) is 64.8 Å². The highest BCUT2D eigenvalue weighted by molar-refractivity contribution is 6.37. The minimum Gasteiger partial charge on any atom is -0.449 e. The molecule has 1 aromatic rings. The summed E-state index contributed by atoms with van der Waals surface area (Å²) >= 11 is 0. The zero-order valence-corrected chi connectivity index (χ0v) is 24.4. The Morgan fingerprint density at radius 2 is 1.68 bits per heavy atom. The maximum Gasteiger partial charge on any atom is 0.407 e. The highest BCUT2D eigenvalue weighted by Crippen LogP contribution is 2.65. The minimum atomic E-state index is -1.08. The normalized spacial score (nSPS) is 25.6. The van der Waals surface area contributed by atoms with Crippen molar-refractivity contribution in [3.63, 3.8) is 0 Å². The first-order valence-corrected chi connectivity index (χ1v) is 14.8. The number of benzene rings is 1. The van der Waals surface area contributed by atoms with Gasteiger partial charge in [-0.05, 0) is 65.4 Å². The van der Waals surface area contributed by atoms with Crippen LogP contribution in [-0.2, 0) is 36.8 Å². The van der Waals surface area contributed by atoms with E-state index in [1.165, 1.54) is 0 Å². The van der Waals surface area contributed by atoms with E-state index < -0.39 is 41.8 Å². The molecule has 1 saturated heterocycles. The lowest BCUT2D eigenvalue weighted by Crippen LogP contribution is -2.59. The van der Waals surface area contributed by atoms with Crippen LogP contribution in [0.1, 0.15) is 58.1 Å². The van der Waals surface area contributed by atoms with Crippen molar-refractivity contribution in [3.8, 4) is 0 Å². The van der Waals surface area contributed by atoms with Gasteiger partial charge in [0, 0.05) is 6.54 Å². The third-order valence-corrected chi connectivity index (χ3v) is 9.54. The Hall–Kier alpha value is -3.43. The van der Waals surface area contributed by atoms with Gasteiger partial charge in [-0.2, -0.15) is 0 Å². The fourth-order valence-corrected chi connectivity index (χ4v) is 6.96. The second-order valence-corrected chi connectivity index (χ2v) is 13.4. The van der Waals surface area contributed by atoms with E-state index in [-0.39, 0.29) is 47.5 Å². The topological polar surface area (TPSA) is 148 Å². The van der Waals surface area contributed by atoms with E-state index in [0.717, 1.165) is 24.0 Å². The van der Waals surface area contributed by atoms with Gasteiger partial charge in [0.2, 0.25) is 17.6 Å². The summed E-state index contributed by atoms with van der Waals surface area (Å²) in [7, 11) is 0. The second kappa shape index (κ2) is 11.1. The number of carbonyl (C=O) groups is 5. The first-order chi connectivity index (χ1) is 19.4. The average molecular weight is 567 g/mol. The number of nitrogens with zero attached hydrogens (tertiary/aromatic N) is 1. The Labute approximate surface area is 241 Å². The largest absolute Gasteiger partial charge is 0.449 e. The summed E-state index contributed by atoms with van der Waals surface area (Å²) in [6, 6.07) is 5.29. The van der Waals surface area contributed by atoms with Crippen molar-refractivity contribution in [1.29, 1.82) is 0 Å². The van der Waals surface area contributed by atoms with Crippen LogP contribution in [0.4, 0.5) is 4.79 Å². The van der Waals surface area contributed by atoms with Crippen molar-refractivity contribution in [2.45, 2.75) is 77.9 Å². The van der Waals surface area contributed by atoms with E-state index in [0.29, 0.717) is 25.8 Å². The van der Waals surface area contributed by atoms with Gasteiger partial charge in [-0.25, -0.2) is 4.79 Å². The molecule has 1 heterocycles. The molecule has 1 aromatic carbocycles. The summed E-state index contributed by atoms with van der Waals surface area (Å²) in [4.78, 5) is 66.8. The van der Waals surface area contributed by atoms with Gasteiger partial charge in [-0.3, -0.25) is 19.2 Å². The van der Waals surface area contributed by atoms with E-state index in [9.17, 15) is 24.0 Å². The lowest BCUT2D eigenvalue weighted by molar-refractivity contribution is -0.144. The first-order valence-electron chi connectivity index (χ1n) is 14.8. The standard InChI is InChI=1S/C31H42N4O6/c1-16(2)15-41-30(40)34-24(20-12-18-7-5-6-8-19(18)13-20)29(39)35-14-21-23(31(21,3)4)25(35)28(38)33-22(11-17-9-10-17)26(36)27(32)37/h5-8,16-17,20-25H,9-15H2,1-4H3,(H2,32,37)(H,33,38)(H,34,40)/t21?,22?,23?,24?,25-/m0/s1. The third kappa shape index (κ3) is 5.97. The first kappa shape index (κ1) is 29.1. The van der Waals surface area contributed by atoms with Crippen LogP contribution in [0.25, 0.3) is 0 Å². The molecular weight excluding hydrogens is 524 g/mol. The highest BCUT2D eigenvalue weighted by Gasteiger charge is 2.69. The molecule has 3 aliphatic carbocycles. The number of likely N-dealkylation sites (tertiary alicyclic amines) is 1. The molecule has 4 aliphatic rings. The quantitative estimate of drug-likeness (QED) is 0.349. The molecule has 10 heteroatoms. The van der Waals surface area contributed by atoms with Crippen molar-refractivity contribution < 1.29 is 28.7 Å². The van der Waals surface area contributed by atoms with Gasteiger partial charge in [0.05, 0.1) is 12.6 Å². The molecule has 3 fully saturated rings. The van der Waals surface area contributed by atoms with E-state index >= 15 is 0 Å². The van der Waals surface area contributed by atoms with Crippen molar-refractivity contribution in [2.75, 3.05) is 13.2 Å². The molecule has 41 heavy (non-hydrogen) atoms. The number of hydrogen-bond donors (Lipinski definition) is 3. The number of rotatable bonds is 11. The smallest absolute Gasteiger partial charge is 0.407 e. The van der Waals surface area contributed by atoms with Crippen molar-refractivity contribution >= 4 is 29.6 Å². The average Bonchev–Trinajstić information content (AvgIpc) is 3.67. The number of hydrogen-bond acceptors (Lipinski definition) is 6. The molecule has 4 amide bonds. The van der Waals surface area contributed by atoms with Crippen LogP contribution in [0.2, 0.25) is 0 Å². The van der Waals surface area contributed by atoms with Gasteiger partial charge in [0.15, 0.2) is 0 Å². The molecule has 5 atom stereocenters. The van der Waals surface area contributed by atoms with Gasteiger partial charge >= 0.3 is 6.09 Å². The fraction of sp³-hybridized carbons (Fsp3) is 0.645. The lowest BCUT2D eigenvalue weighted by atomic mass is 9.93. The van der Waals surface area contributed by atoms with Gasteiger partial charge in [0.1, 0.15) is 12.1 Å². The third-order valence-electron chi connectivity index (χ3n) is 9.54. The number of amides is 4. The zero-order valence-electron chi connectivity index (χ0n) is 24.4. The van der Waals surface area contributed by atoms with Crippen LogP contribution >= 0.6 is 0 Å². The minimum absolute atomic E-state index is 0.0916. The van der Waals surface area contributed by atoms with E-state index in [4.69, 9.17) is 10.5 Å². The number of nitrogens with two attached hydrogens (primary N) is 1. The SMILES string of the molecule is CC(C)COC(=O)NC(C(=O)N1CC2C([C@H]1C(=O)NC(CC1CC1)C(=O)C(N)=O)C2(C)C)C1Cc2ccccc2C1. The number of ether oxygens (including phenoxy) is 1. The molecule has 222 valence electrons. The second-order valence-electron chi connectivity index (χ2n) is 13.4. The molecule has 4 unspecified atom stereocenters. The monoisotopic (exact) mass is 566 g/mol. The van der Waals surface area contributed by atoms with Crippen LogP contribution in [0.3, 0.4) is 0 Å². The highest BCUT2D eigenvalue weighted by atomic mass is 16.5. The van der Waals surface area contributed by atoms with Crippen molar-refractivity contribution in [3.05, 3.63) is 35.4 Å². The number of Topliss-reactive ketones (excluding diaryl/α,β-unsaturated/α-hetero) is 1. The Bertz CT molecular complexity index is 1220. The number of primary amides is 1. The van der Waals surface area contributed by atoms with Crippen LogP contribution in [-0.4, -0.2) is 65.8 Å². The summed E-state index contributed by atoms with van der Waals surface area (Å²) in [5, 5.41) is 5.64.